The summed E-state index contributed by atoms with van der Waals surface area (Å²) in [7, 11) is -3.57. The van der Waals surface area contributed by atoms with Crippen molar-refractivity contribution in [1.82, 2.24) is 0 Å². The summed E-state index contributed by atoms with van der Waals surface area (Å²) in [6, 6.07) is 5.42. The van der Waals surface area contributed by atoms with Gasteiger partial charge in [0.05, 0.1) is 5.75 Å². The lowest BCUT2D eigenvalue weighted by molar-refractivity contribution is -0.134. The number of aryl methyl sites for hydroxylation is 2. The van der Waals surface area contributed by atoms with E-state index in [1.165, 1.54) is 0 Å². The van der Waals surface area contributed by atoms with Crippen molar-refractivity contribution in [3.63, 3.8) is 0 Å². The Balaban J connectivity index is 2.92. The first-order valence-electron chi connectivity index (χ1n) is 4.78. The number of hydrogen-bond donors (Lipinski definition) is 1. The second-order valence-electron chi connectivity index (χ2n) is 3.86. The largest absolute Gasteiger partial charge is 0.480 e. The molecule has 1 rings (SSSR count). The van der Waals surface area contributed by atoms with Gasteiger partial charge in [-0.15, -0.1) is 0 Å². The molecule has 1 aromatic rings. The first kappa shape index (κ1) is 12.7. The van der Waals surface area contributed by atoms with E-state index in [0.717, 1.165) is 11.1 Å². The number of carboxylic acids is 1. The maximum Gasteiger partial charge on any atom is 0.318 e. The van der Waals surface area contributed by atoms with Crippen LogP contribution in [-0.2, 0) is 20.4 Å². The van der Waals surface area contributed by atoms with Crippen LogP contribution in [0.5, 0.6) is 0 Å². The summed E-state index contributed by atoms with van der Waals surface area (Å²) < 4.78 is 22.9. The van der Waals surface area contributed by atoms with Crippen molar-refractivity contribution in [1.29, 1.82) is 0 Å². The standard InChI is InChI=1S/C11H14O4S/c1-8-3-4-10(9(2)5-8)6-16(14,15)7-11(12)13/h3-5H,6-7H2,1-2H3,(H,12,13). The predicted octanol–water partition coefficient (Wildman–Crippen LogP) is 1.30. The summed E-state index contributed by atoms with van der Waals surface area (Å²) in [5, 5.41) is 8.46. The molecule has 0 saturated heterocycles. The fraction of sp³-hybridized carbons (Fsp3) is 0.364. The fourth-order valence-electron chi connectivity index (χ4n) is 1.48. The van der Waals surface area contributed by atoms with E-state index in [2.05, 4.69) is 0 Å². The monoisotopic (exact) mass is 242 g/mol. The number of hydrogen-bond acceptors (Lipinski definition) is 3. The smallest absolute Gasteiger partial charge is 0.318 e. The van der Waals surface area contributed by atoms with Crippen LogP contribution in [0.15, 0.2) is 18.2 Å². The van der Waals surface area contributed by atoms with Crippen molar-refractivity contribution in [3.8, 4) is 0 Å². The van der Waals surface area contributed by atoms with Gasteiger partial charge in [-0.05, 0) is 25.0 Å². The summed E-state index contributed by atoms with van der Waals surface area (Å²) in [6.07, 6.45) is 0. The summed E-state index contributed by atoms with van der Waals surface area (Å²) in [5.41, 5.74) is 2.58. The van der Waals surface area contributed by atoms with Crippen LogP contribution in [0.4, 0.5) is 0 Å². The van der Waals surface area contributed by atoms with Crippen molar-refractivity contribution in [2.24, 2.45) is 0 Å². The molecule has 5 heteroatoms. The number of benzene rings is 1. The first-order chi connectivity index (χ1) is 7.30. The minimum absolute atomic E-state index is 0.217. The van der Waals surface area contributed by atoms with Gasteiger partial charge in [0.25, 0.3) is 0 Å². The van der Waals surface area contributed by atoms with Crippen LogP contribution < -0.4 is 0 Å². The third-order valence-electron chi connectivity index (χ3n) is 2.22. The van der Waals surface area contributed by atoms with Crippen LogP contribution in [0.25, 0.3) is 0 Å². The van der Waals surface area contributed by atoms with Gasteiger partial charge in [-0.2, -0.15) is 0 Å². The van der Waals surface area contributed by atoms with E-state index in [4.69, 9.17) is 5.11 Å². The van der Waals surface area contributed by atoms with Gasteiger partial charge in [0.2, 0.25) is 0 Å². The number of aliphatic carboxylic acids is 1. The molecule has 0 heterocycles. The Hall–Kier alpha value is -1.36. The molecule has 0 spiro atoms. The molecule has 4 nitrogen and oxygen atoms in total. The van der Waals surface area contributed by atoms with Crippen molar-refractivity contribution in [3.05, 3.63) is 34.9 Å². The third kappa shape index (κ3) is 3.66. The van der Waals surface area contributed by atoms with Gasteiger partial charge < -0.3 is 5.11 Å². The Morgan fingerprint density at radius 3 is 2.44 bits per heavy atom. The number of sulfone groups is 1. The molecule has 0 radical (unpaired) electrons. The quantitative estimate of drug-likeness (QED) is 0.864. The van der Waals surface area contributed by atoms with E-state index in [1.54, 1.807) is 6.07 Å². The first-order valence-corrected chi connectivity index (χ1v) is 6.60. The Bertz CT molecular complexity index is 503. The van der Waals surface area contributed by atoms with Crippen molar-refractivity contribution in [2.75, 3.05) is 5.75 Å². The molecule has 16 heavy (non-hydrogen) atoms. The predicted molar refractivity (Wildman–Crippen MR) is 61.0 cm³/mol. The molecule has 1 aromatic carbocycles. The van der Waals surface area contributed by atoms with Crippen LogP contribution in [0, 0.1) is 13.8 Å². The molecule has 0 saturated carbocycles. The van der Waals surface area contributed by atoms with Gasteiger partial charge in [-0.25, -0.2) is 8.42 Å². The van der Waals surface area contributed by atoms with Crippen LogP contribution in [0.3, 0.4) is 0 Å². The maximum absolute atomic E-state index is 11.5. The molecular weight excluding hydrogens is 228 g/mol. The van der Waals surface area contributed by atoms with Gasteiger partial charge in [-0.3, -0.25) is 4.79 Å². The summed E-state index contributed by atoms with van der Waals surface area (Å²) >= 11 is 0. The van der Waals surface area contributed by atoms with Crippen molar-refractivity contribution >= 4 is 15.8 Å². The Kier molecular flexibility index (Phi) is 3.70. The topological polar surface area (TPSA) is 71.4 Å². The second kappa shape index (κ2) is 4.65. The van der Waals surface area contributed by atoms with Gasteiger partial charge in [0.1, 0.15) is 5.75 Å². The Morgan fingerprint density at radius 2 is 1.94 bits per heavy atom. The molecule has 0 fully saturated rings. The molecule has 1 N–H and O–H groups in total. The van der Waals surface area contributed by atoms with E-state index < -0.39 is 21.6 Å². The molecule has 0 atom stereocenters. The van der Waals surface area contributed by atoms with Crippen LogP contribution in [0.2, 0.25) is 0 Å². The summed E-state index contributed by atoms with van der Waals surface area (Å²) in [4.78, 5) is 10.4. The lowest BCUT2D eigenvalue weighted by Crippen LogP contribution is -2.17. The zero-order chi connectivity index (χ0) is 12.3. The highest BCUT2D eigenvalue weighted by atomic mass is 32.2. The zero-order valence-corrected chi connectivity index (χ0v) is 10.0. The zero-order valence-electron chi connectivity index (χ0n) is 9.23. The molecule has 0 aliphatic carbocycles. The van der Waals surface area contributed by atoms with E-state index in [1.807, 2.05) is 26.0 Å². The van der Waals surface area contributed by atoms with E-state index >= 15 is 0 Å². The maximum atomic E-state index is 11.5. The molecule has 88 valence electrons. The highest BCUT2D eigenvalue weighted by Gasteiger charge is 2.17. The molecular formula is C11H14O4S. The number of carboxylic acid groups (broad SMARTS) is 1. The molecule has 0 bridgehead atoms. The van der Waals surface area contributed by atoms with Crippen molar-refractivity contribution < 1.29 is 18.3 Å². The van der Waals surface area contributed by atoms with Gasteiger partial charge in [0, 0.05) is 0 Å². The van der Waals surface area contributed by atoms with Crippen LogP contribution >= 0.6 is 0 Å². The normalized spacial score (nSPS) is 11.4. The minimum Gasteiger partial charge on any atom is -0.480 e. The molecule has 0 amide bonds. The van der Waals surface area contributed by atoms with E-state index in [0.29, 0.717) is 5.56 Å². The molecule has 0 aliphatic rings. The third-order valence-corrected chi connectivity index (χ3v) is 3.65. The van der Waals surface area contributed by atoms with Crippen molar-refractivity contribution in [2.45, 2.75) is 19.6 Å². The lowest BCUT2D eigenvalue weighted by Gasteiger charge is -2.06. The Labute approximate surface area is 94.8 Å². The number of rotatable bonds is 4. The average molecular weight is 242 g/mol. The van der Waals surface area contributed by atoms with E-state index in [9.17, 15) is 13.2 Å². The fourth-order valence-corrected chi connectivity index (χ4v) is 2.76. The highest BCUT2D eigenvalue weighted by molar-refractivity contribution is 7.91. The summed E-state index contributed by atoms with van der Waals surface area (Å²) in [6.45, 7) is 3.74. The molecule has 0 aromatic heterocycles. The summed E-state index contributed by atoms with van der Waals surface area (Å²) in [5.74, 6) is -2.35. The van der Waals surface area contributed by atoms with E-state index in [-0.39, 0.29) is 5.75 Å². The number of carbonyl (C=O) groups is 1. The average Bonchev–Trinajstić information content (AvgIpc) is 2.07. The minimum atomic E-state index is -3.57. The van der Waals surface area contributed by atoms with Crippen LogP contribution in [0.1, 0.15) is 16.7 Å². The van der Waals surface area contributed by atoms with Gasteiger partial charge in [-0.1, -0.05) is 23.8 Å². The molecule has 0 aliphatic heterocycles. The Morgan fingerprint density at radius 1 is 1.31 bits per heavy atom. The lowest BCUT2D eigenvalue weighted by atomic mass is 10.1. The highest BCUT2D eigenvalue weighted by Crippen LogP contribution is 2.14. The molecule has 0 unspecified atom stereocenters. The SMILES string of the molecule is Cc1ccc(CS(=O)(=O)CC(=O)O)c(C)c1. The van der Waals surface area contributed by atoms with Gasteiger partial charge >= 0.3 is 5.97 Å². The second-order valence-corrected chi connectivity index (χ2v) is 5.92. The van der Waals surface area contributed by atoms with Crippen LogP contribution in [-0.4, -0.2) is 25.2 Å². The van der Waals surface area contributed by atoms with Gasteiger partial charge in [0.15, 0.2) is 9.84 Å².